The van der Waals surface area contributed by atoms with Gasteiger partial charge in [-0.05, 0) is 30.2 Å². The molecule has 2 rings (SSSR count). The fourth-order valence-electron chi connectivity index (χ4n) is 1.88. The van der Waals surface area contributed by atoms with Crippen LogP contribution in [0.25, 0.3) is 0 Å². The Kier molecular flexibility index (Phi) is 4.85. The highest BCUT2D eigenvalue weighted by Gasteiger charge is 2.05. The molecule has 1 aromatic carbocycles. The largest absolute Gasteiger partial charge is 0.380 e. The zero-order valence-corrected chi connectivity index (χ0v) is 11.7. The van der Waals surface area contributed by atoms with Crippen LogP contribution in [0.2, 0.25) is 0 Å². The second kappa shape index (κ2) is 6.82. The van der Waals surface area contributed by atoms with Crippen LogP contribution in [0, 0.1) is 6.92 Å². The van der Waals surface area contributed by atoms with Crippen LogP contribution in [0.4, 0.5) is 0 Å². The molecule has 1 heterocycles. The highest BCUT2D eigenvalue weighted by molar-refractivity contribution is 5.93. The third-order valence-corrected chi connectivity index (χ3v) is 2.93. The van der Waals surface area contributed by atoms with Gasteiger partial charge in [0.05, 0.1) is 12.2 Å². The molecule has 4 nitrogen and oxygen atoms in total. The fraction of sp³-hybridized carbons (Fsp3) is 0.250. The Morgan fingerprint density at radius 1 is 1.25 bits per heavy atom. The number of hydrogen-bond donors (Lipinski definition) is 1. The number of aryl methyl sites for hydroxylation is 1. The third kappa shape index (κ3) is 3.90. The van der Waals surface area contributed by atoms with E-state index in [1.165, 1.54) is 0 Å². The van der Waals surface area contributed by atoms with Crippen LogP contribution in [-0.4, -0.2) is 18.0 Å². The monoisotopic (exact) mass is 270 g/mol. The molecule has 0 unspecified atom stereocenters. The van der Waals surface area contributed by atoms with Crippen molar-refractivity contribution in [3.63, 3.8) is 0 Å². The number of methoxy groups -OCH3 is 1. The lowest BCUT2D eigenvalue weighted by Gasteiger charge is -2.07. The van der Waals surface area contributed by atoms with Crippen LogP contribution in [0.5, 0.6) is 0 Å². The predicted octanol–water partition coefficient (Wildman–Crippen LogP) is 2.47. The number of benzene rings is 1. The van der Waals surface area contributed by atoms with E-state index in [9.17, 15) is 4.79 Å². The number of carbonyl (C=O) groups is 1. The van der Waals surface area contributed by atoms with Gasteiger partial charge in [0.15, 0.2) is 0 Å². The molecule has 0 aliphatic heterocycles. The summed E-state index contributed by atoms with van der Waals surface area (Å²) in [6.45, 7) is 2.96. The van der Waals surface area contributed by atoms with Crippen LogP contribution in [-0.2, 0) is 17.9 Å². The normalized spacial score (nSPS) is 10.3. The molecular formula is C16H18N2O2. The molecule has 0 radical (unpaired) electrons. The van der Waals surface area contributed by atoms with Crippen LogP contribution in [0.3, 0.4) is 0 Å². The number of pyridine rings is 1. The Morgan fingerprint density at radius 3 is 2.75 bits per heavy atom. The second-order valence-electron chi connectivity index (χ2n) is 4.62. The molecule has 4 heteroatoms. The van der Waals surface area contributed by atoms with Gasteiger partial charge < -0.3 is 10.1 Å². The maximum absolute atomic E-state index is 12.0. The smallest absolute Gasteiger partial charge is 0.253 e. The summed E-state index contributed by atoms with van der Waals surface area (Å²) < 4.78 is 5.09. The minimum Gasteiger partial charge on any atom is -0.380 e. The molecule has 0 spiro atoms. The van der Waals surface area contributed by atoms with Gasteiger partial charge in [-0.3, -0.25) is 9.78 Å². The van der Waals surface area contributed by atoms with Gasteiger partial charge in [0.1, 0.15) is 0 Å². The van der Waals surface area contributed by atoms with E-state index in [-0.39, 0.29) is 5.91 Å². The van der Waals surface area contributed by atoms with Crippen molar-refractivity contribution in [2.45, 2.75) is 20.1 Å². The van der Waals surface area contributed by atoms with Crippen molar-refractivity contribution >= 4 is 5.91 Å². The molecule has 104 valence electrons. The Labute approximate surface area is 118 Å². The van der Waals surface area contributed by atoms with E-state index in [2.05, 4.69) is 10.3 Å². The first-order valence-corrected chi connectivity index (χ1v) is 6.46. The van der Waals surface area contributed by atoms with Gasteiger partial charge in [-0.15, -0.1) is 0 Å². The Balaban J connectivity index is 1.96. The number of nitrogens with zero attached hydrogens (tertiary/aromatic N) is 1. The molecule has 0 aliphatic carbocycles. The van der Waals surface area contributed by atoms with E-state index in [0.29, 0.717) is 18.7 Å². The van der Waals surface area contributed by atoms with Crippen molar-refractivity contribution in [1.29, 1.82) is 0 Å². The van der Waals surface area contributed by atoms with Crippen molar-refractivity contribution in [2.24, 2.45) is 0 Å². The number of hydrogen-bond acceptors (Lipinski definition) is 3. The summed E-state index contributed by atoms with van der Waals surface area (Å²) in [5, 5.41) is 2.88. The van der Waals surface area contributed by atoms with Gasteiger partial charge >= 0.3 is 0 Å². The average molecular weight is 270 g/mol. The van der Waals surface area contributed by atoms with Gasteiger partial charge in [-0.1, -0.05) is 24.3 Å². The van der Waals surface area contributed by atoms with Crippen LogP contribution in [0.1, 0.15) is 27.2 Å². The summed E-state index contributed by atoms with van der Waals surface area (Å²) >= 11 is 0. The zero-order valence-electron chi connectivity index (χ0n) is 11.7. The Morgan fingerprint density at radius 2 is 2.05 bits per heavy atom. The maximum atomic E-state index is 12.0. The maximum Gasteiger partial charge on any atom is 0.253 e. The second-order valence-corrected chi connectivity index (χ2v) is 4.62. The Bertz CT molecular complexity index is 579. The van der Waals surface area contributed by atoms with Crippen molar-refractivity contribution in [3.05, 3.63) is 65.0 Å². The van der Waals surface area contributed by atoms with Crippen LogP contribution < -0.4 is 5.32 Å². The molecule has 20 heavy (non-hydrogen) atoms. The number of carbonyl (C=O) groups excluding carboxylic acids is 1. The van der Waals surface area contributed by atoms with E-state index < -0.39 is 0 Å². The highest BCUT2D eigenvalue weighted by atomic mass is 16.5. The van der Waals surface area contributed by atoms with Crippen molar-refractivity contribution in [3.8, 4) is 0 Å². The lowest BCUT2D eigenvalue weighted by Crippen LogP contribution is -2.23. The summed E-state index contributed by atoms with van der Waals surface area (Å²) in [6, 6.07) is 11.6. The summed E-state index contributed by atoms with van der Waals surface area (Å²) in [5.74, 6) is -0.116. The quantitative estimate of drug-likeness (QED) is 0.908. The van der Waals surface area contributed by atoms with Gasteiger partial charge in [-0.2, -0.15) is 0 Å². The lowest BCUT2D eigenvalue weighted by molar-refractivity contribution is 0.0950. The predicted molar refractivity (Wildman–Crippen MR) is 77.3 cm³/mol. The van der Waals surface area contributed by atoms with Gasteiger partial charge in [0.25, 0.3) is 5.91 Å². The van der Waals surface area contributed by atoms with E-state index in [0.717, 1.165) is 16.8 Å². The molecule has 0 aliphatic rings. The molecule has 0 saturated heterocycles. The van der Waals surface area contributed by atoms with Crippen molar-refractivity contribution in [2.75, 3.05) is 7.11 Å². The topological polar surface area (TPSA) is 51.2 Å². The summed E-state index contributed by atoms with van der Waals surface area (Å²) in [7, 11) is 1.67. The summed E-state index contributed by atoms with van der Waals surface area (Å²) in [4.78, 5) is 16.1. The first-order valence-electron chi connectivity index (χ1n) is 6.46. The minimum absolute atomic E-state index is 0.116. The summed E-state index contributed by atoms with van der Waals surface area (Å²) in [6.07, 6.45) is 1.59. The van der Waals surface area contributed by atoms with Crippen molar-refractivity contribution in [1.82, 2.24) is 10.3 Å². The first kappa shape index (κ1) is 14.2. The molecular weight excluding hydrogens is 252 g/mol. The molecule has 1 N–H and O–H groups in total. The minimum atomic E-state index is -0.116. The number of aromatic nitrogens is 1. The first-order chi connectivity index (χ1) is 9.69. The van der Waals surface area contributed by atoms with Crippen LogP contribution >= 0.6 is 0 Å². The lowest BCUT2D eigenvalue weighted by atomic mass is 10.1. The highest BCUT2D eigenvalue weighted by Crippen LogP contribution is 2.07. The fourth-order valence-corrected chi connectivity index (χ4v) is 1.88. The zero-order chi connectivity index (χ0) is 14.4. The molecule has 0 bridgehead atoms. The Hall–Kier alpha value is -2.20. The number of rotatable bonds is 5. The molecule has 2 aromatic rings. The van der Waals surface area contributed by atoms with E-state index in [4.69, 9.17) is 4.74 Å². The standard InChI is InChI=1S/C16H18N2O2/c1-12-6-7-15(10-17-12)16(19)18-9-13-4-3-5-14(8-13)11-20-2/h3-8,10H,9,11H2,1-2H3,(H,18,19). The number of ether oxygens (including phenoxy) is 1. The van der Waals surface area contributed by atoms with Crippen LogP contribution in [0.15, 0.2) is 42.6 Å². The molecule has 0 fully saturated rings. The SMILES string of the molecule is COCc1cccc(CNC(=O)c2ccc(C)nc2)c1. The molecule has 0 atom stereocenters. The van der Waals surface area contributed by atoms with Gasteiger partial charge in [0.2, 0.25) is 0 Å². The van der Waals surface area contributed by atoms with E-state index >= 15 is 0 Å². The number of amides is 1. The van der Waals surface area contributed by atoms with Crippen molar-refractivity contribution < 1.29 is 9.53 Å². The average Bonchev–Trinajstić information content (AvgIpc) is 2.46. The molecule has 0 saturated carbocycles. The number of nitrogens with one attached hydrogen (secondary N) is 1. The third-order valence-electron chi connectivity index (χ3n) is 2.93. The molecule has 1 amide bonds. The van der Waals surface area contributed by atoms with E-state index in [1.807, 2.05) is 37.3 Å². The van der Waals surface area contributed by atoms with Gasteiger partial charge in [0, 0.05) is 25.5 Å². The van der Waals surface area contributed by atoms with Gasteiger partial charge in [-0.25, -0.2) is 0 Å². The summed E-state index contributed by atoms with van der Waals surface area (Å²) in [5.41, 5.74) is 3.61. The molecule has 1 aromatic heterocycles. The van der Waals surface area contributed by atoms with E-state index in [1.54, 1.807) is 19.4 Å².